The molecule has 0 atom stereocenters. The second kappa shape index (κ2) is 36.4. The average molecular weight is 202 g/mol. The van der Waals surface area contributed by atoms with E-state index in [4.69, 9.17) is 15.0 Å². The van der Waals surface area contributed by atoms with Crippen molar-refractivity contribution in [3.63, 3.8) is 0 Å². The summed E-state index contributed by atoms with van der Waals surface area (Å²) in [6, 6.07) is 0. The summed E-state index contributed by atoms with van der Waals surface area (Å²) in [7, 11) is 0. The third-order valence-corrected chi connectivity index (χ3v) is 0. The molecule has 0 aromatic carbocycles. The quantitative estimate of drug-likeness (QED) is 0.366. The summed E-state index contributed by atoms with van der Waals surface area (Å²) in [5, 5.41) is 16.7. The number of carbonyl (C=O) groups is 1. The first kappa shape index (κ1) is 44.8. The van der Waals surface area contributed by atoms with E-state index in [1.165, 1.54) is 0 Å². The summed E-state index contributed by atoms with van der Waals surface area (Å²) >= 11 is 0. The molecule has 0 heterocycles. The van der Waals surface area contributed by atoms with Crippen LogP contribution in [0.1, 0.15) is 5.71 Å². The normalized spacial score (nSPS) is 2.40. The first-order valence-electron chi connectivity index (χ1n) is 0.612. The molecule has 0 aliphatic carbocycles. The molecule has 9 heteroatoms. The van der Waals surface area contributed by atoms with E-state index in [1.54, 1.807) is 0 Å². The number of carboxylic acid groups (broad SMARTS) is 2. The van der Waals surface area contributed by atoms with Gasteiger partial charge in [-0.1, -0.05) is 0 Å². The number of rotatable bonds is 0. The second-order valence-corrected chi connectivity index (χ2v) is 0.250. The number of hydrogen-bond acceptors (Lipinski definition) is 3. The van der Waals surface area contributed by atoms with Crippen molar-refractivity contribution in [2.24, 2.45) is 0 Å². The monoisotopic (exact) mass is 202 g/mol. The van der Waals surface area contributed by atoms with E-state index < -0.39 is 6.16 Å². The average Bonchev–Trinajstić information content (AvgIpc) is 0.811. The van der Waals surface area contributed by atoms with Crippen LogP contribution in [0.25, 0.3) is 0 Å². The summed E-state index contributed by atoms with van der Waals surface area (Å²) in [5.41, 5.74) is 0. The molecule has 0 unspecified atom stereocenters. The van der Waals surface area contributed by atoms with E-state index in [2.05, 4.69) is 0 Å². The molecule has 0 spiro atoms. The molecule has 0 bridgehead atoms. The maximum absolute atomic E-state index is 8.33. The molecule has 0 amide bonds. The van der Waals surface area contributed by atoms with Crippen molar-refractivity contribution in [2.45, 2.75) is 0 Å². The summed E-state index contributed by atoms with van der Waals surface area (Å²) < 4.78 is 0. The summed E-state index contributed by atoms with van der Waals surface area (Å²) in [5.74, 6) is 0. The zero-order chi connectivity index (χ0) is 3.58. The molecule has 0 radical (unpaired) electrons. The number of carbonyl (C=O) groups excluding carboxylic acids is 1. The van der Waals surface area contributed by atoms with Gasteiger partial charge < -0.3 is 20.7 Å². The van der Waals surface area contributed by atoms with Crippen molar-refractivity contribution >= 4 is 6.16 Å². The molecule has 0 saturated carbocycles. The molecule has 0 N–H and O–H groups in total. The third-order valence-electron chi connectivity index (χ3n) is 0. The molecule has 0 saturated heterocycles. The summed E-state index contributed by atoms with van der Waals surface area (Å²) in [4.78, 5) is 8.33. The molecule has 0 aliphatic heterocycles. The molecule has 32 valence electrons. The summed E-state index contributed by atoms with van der Waals surface area (Å²) in [6.45, 7) is 0. The Morgan fingerprint density at radius 2 is 1.00 bits per heavy atom. The van der Waals surface area contributed by atoms with Gasteiger partial charge >= 0.3 is 200 Å². The van der Waals surface area contributed by atoms with Crippen molar-refractivity contribution in [3.05, 3.63) is 0 Å². The Balaban J connectivity index is -0.000000001000. The first-order valence-corrected chi connectivity index (χ1v) is 0.612. The van der Waals surface area contributed by atoms with Crippen LogP contribution in [0.4, 0.5) is 4.79 Å². The predicted molar refractivity (Wildman–Crippen MR) is 9.84 cm³/mol. The minimum atomic E-state index is -2.33. The smallest absolute Gasteiger partial charge is 1.00 e. The van der Waals surface area contributed by atoms with E-state index in [-0.39, 0.29) is 205 Å². The van der Waals surface area contributed by atoms with Gasteiger partial charge in [0.2, 0.25) is 0 Å². The van der Waals surface area contributed by atoms with E-state index in [0.29, 0.717) is 0 Å². The van der Waals surface area contributed by atoms with Crippen molar-refractivity contribution in [1.82, 2.24) is 0 Å². The fourth-order valence-corrected chi connectivity index (χ4v) is 0. The van der Waals surface area contributed by atoms with Crippen LogP contribution in [0.2, 0.25) is 0 Å². The Labute approximate surface area is 220 Å². The van der Waals surface area contributed by atoms with Crippen LogP contribution in [0.15, 0.2) is 0 Å². The van der Waals surface area contributed by atoms with Crippen LogP contribution in [0.5, 0.6) is 0 Å². The predicted octanol–water partition coefficient (Wildman–Crippen LogP) is -20.0. The van der Waals surface area contributed by atoms with Gasteiger partial charge in [-0.15, -0.1) is 0 Å². The van der Waals surface area contributed by atoms with Gasteiger partial charge in [-0.25, -0.2) is 0 Å². The van der Waals surface area contributed by atoms with E-state index in [1.807, 2.05) is 0 Å². The van der Waals surface area contributed by atoms with Crippen LogP contribution >= 0.6 is 0 Å². The van der Waals surface area contributed by atoms with Crippen molar-refractivity contribution in [3.8, 4) is 0 Å². The Morgan fingerprint density at radius 1 is 1.00 bits per heavy atom. The number of hydrogen-bond donors (Lipinski definition) is 0. The molecular weight excluding hydrogens is 198 g/mol. The summed E-state index contributed by atoms with van der Waals surface area (Å²) in [6.07, 6.45) is -2.33. The van der Waals surface area contributed by atoms with Gasteiger partial charge in [0.1, 0.15) is 0 Å². The van der Waals surface area contributed by atoms with Gasteiger partial charge in [0.25, 0.3) is 0 Å². The van der Waals surface area contributed by atoms with Crippen molar-refractivity contribution in [1.29, 1.82) is 0 Å². The molecule has 3 nitrogen and oxygen atoms in total. The molecule has 0 aromatic heterocycles. The Bertz CT molecular complexity index is 57.6. The zero-order valence-corrected chi connectivity index (χ0v) is 18.0. The van der Waals surface area contributed by atoms with E-state index >= 15 is 0 Å². The van der Waals surface area contributed by atoms with Gasteiger partial charge in [-0.05, 0) is 6.16 Å². The van der Waals surface area contributed by atoms with Gasteiger partial charge in [0.05, 0.1) is 0 Å². The van der Waals surface area contributed by atoms with E-state index in [0.717, 1.165) is 0 Å². The Hall–Kier alpha value is 5.74. The maximum atomic E-state index is 8.33. The van der Waals surface area contributed by atoms with Crippen LogP contribution < -0.4 is 210 Å². The fourth-order valence-electron chi connectivity index (χ4n) is 0. The Morgan fingerprint density at radius 3 is 1.00 bits per heavy atom. The minimum absolute atomic E-state index is 0. The Kier molecular flexibility index (Phi) is 163. The van der Waals surface area contributed by atoms with Gasteiger partial charge in [0, 0.05) is 0 Å². The molecule has 0 aromatic rings. The second-order valence-electron chi connectivity index (χ2n) is 0.250. The standard InChI is InChI=1S/CH2O3.2K.2Li.2Na.4H/c2-1(3)4;;;;;;;;;;/h(H2,2,3,4);;;;;;;;;;/q;6*+1;4*-1/p-2. The van der Waals surface area contributed by atoms with E-state index in [9.17, 15) is 0 Å². The third kappa shape index (κ3) is 67.7. The van der Waals surface area contributed by atoms with Crippen molar-refractivity contribution < 1.29 is 220 Å². The molecular formula is CH4K2Li2Na2O3. The fraction of sp³-hybridized carbons (Fsp3) is 0. The topological polar surface area (TPSA) is 63.2 Å². The van der Waals surface area contributed by atoms with Crippen LogP contribution in [-0.4, -0.2) is 6.16 Å². The van der Waals surface area contributed by atoms with Crippen molar-refractivity contribution in [2.75, 3.05) is 0 Å². The maximum Gasteiger partial charge on any atom is 1.00 e. The SMILES string of the molecule is O=C([O-])[O-].[H-].[H-].[H-].[H-].[K+].[K+].[Li+].[Li+].[Na+].[Na+]. The van der Waals surface area contributed by atoms with Gasteiger partial charge in [-0.3, -0.25) is 0 Å². The molecule has 0 rings (SSSR count). The van der Waals surface area contributed by atoms with Gasteiger partial charge in [0.15, 0.2) is 0 Å². The first-order chi connectivity index (χ1) is 1.73. The minimum Gasteiger partial charge on any atom is -1.00 e. The van der Waals surface area contributed by atoms with Crippen LogP contribution in [-0.2, 0) is 0 Å². The zero-order valence-electron chi connectivity index (χ0n) is 11.7. The van der Waals surface area contributed by atoms with Crippen LogP contribution in [0, 0.1) is 0 Å². The largest absolute Gasteiger partial charge is 1.00 e. The van der Waals surface area contributed by atoms with Crippen LogP contribution in [0.3, 0.4) is 0 Å². The molecule has 0 aliphatic rings. The molecule has 0 fully saturated rings. The molecule has 10 heavy (non-hydrogen) atoms. The van der Waals surface area contributed by atoms with Gasteiger partial charge in [-0.2, -0.15) is 0 Å².